The van der Waals surface area contributed by atoms with Gasteiger partial charge >= 0.3 is 6.36 Å². The normalized spacial score (nSPS) is 15.3. The van der Waals surface area contributed by atoms with Crippen LogP contribution in [-0.2, 0) is 11.2 Å². The third kappa shape index (κ3) is 5.69. The number of rotatable bonds is 7. The Kier molecular flexibility index (Phi) is 6.05. The van der Waals surface area contributed by atoms with Crippen LogP contribution in [0, 0.1) is 0 Å². The second-order valence-corrected chi connectivity index (χ2v) is 6.50. The predicted molar refractivity (Wildman–Crippen MR) is 102 cm³/mol. The van der Waals surface area contributed by atoms with E-state index in [9.17, 15) is 18.0 Å². The summed E-state index contributed by atoms with van der Waals surface area (Å²) in [4.78, 5) is 12.3. The van der Waals surface area contributed by atoms with Crippen molar-refractivity contribution in [2.24, 2.45) is 0 Å². The summed E-state index contributed by atoms with van der Waals surface area (Å²) in [5.41, 5.74) is 2.00. The zero-order chi connectivity index (χ0) is 21.0. The molecule has 2 aromatic rings. The third-order valence-electron chi connectivity index (χ3n) is 4.11. The summed E-state index contributed by atoms with van der Waals surface area (Å²) >= 11 is 0. The van der Waals surface area contributed by atoms with Crippen LogP contribution >= 0.6 is 0 Å². The number of ether oxygens (including phenoxy) is 3. The standard InChI is InChI=1S/C20H21F3N2O4/c1-3-27-18-9-13-8-12(2)28-17(13)10-16(18)25-19(26)11-24-14-4-6-15(7-5-14)29-20(21,22)23/h4-7,9-10,12,24H,3,8,11H2,1-2H3,(H,25,26). The van der Waals surface area contributed by atoms with Crippen LogP contribution in [0.4, 0.5) is 24.5 Å². The van der Waals surface area contributed by atoms with E-state index in [0.29, 0.717) is 29.5 Å². The van der Waals surface area contributed by atoms with Crippen LogP contribution < -0.4 is 24.8 Å². The fourth-order valence-corrected chi connectivity index (χ4v) is 2.96. The van der Waals surface area contributed by atoms with Gasteiger partial charge in [0.05, 0.1) is 18.8 Å². The molecule has 9 heteroatoms. The van der Waals surface area contributed by atoms with Crippen molar-refractivity contribution in [3.63, 3.8) is 0 Å². The van der Waals surface area contributed by atoms with Crippen molar-refractivity contribution in [3.05, 3.63) is 42.0 Å². The molecular formula is C20H21F3N2O4. The quantitative estimate of drug-likeness (QED) is 0.710. The van der Waals surface area contributed by atoms with Crippen molar-refractivity contribution in [3.8, 4) is 17.2 Å². The zero-order valence-corrected chi connectivity index (χ0v) is 15.9. The Balaban J connectivity index is 1.60. The topological polar surface area (TPSA) is 68.8 Å². The highest BCUT2D eigenvalue weighted by Gasteiger charge is 2.31. The molecule has 6 nitrogen and oxygen atoms in total. The van der Waals surface area contributed by atoms with E-state index < -0.39 is 6.36 Å². The summed E-state index contributed by atoms with van der Waals surface area (Å²) in [7, 11) is 0. The highest BCUT2D eigenvalue weighted by atomic mass is 19.4. The van der Waals surface area contributed by atoms with Gasteiger partial charge in [0, 0.05) is 23.7 Å². The Morgan fingerprint density at radius 3 is 2.62 bits per heavy atom. The number of benzene rings is 2. The summed E-state index contributed by atoms with van der Waals surface area (Å²) in [5.74, 6) is 0.601. The van der Waals surface area contributed by atoms with Crippen LogP contribution in [0.3, 0.4) is 0 Å². The molecule has 1 aliphatic heterocycles. The predicted octanol–water partition coefficient (Wildman–Crippen LogP) is 4.36. The number of anilines is 2. The summed E-state index contributed by atoms with van der Waals surface area (Å²) in [6.45, 7) is 4.18. The lowest BCUT2D eigenvalue weighted by molar-refractivity contribution is -0.274. The van der Waals surface area contributed by atoms with Crippen LogP contribution in [0.1, 0.15) is 19.4 Å². The minimum absolute atomic E-state index is 0.0661. The molecule has 1 unspecified atom stereocenters. The van der Waals surface area contributed by atoms with Crippen LogP contribution in [0.25, 0.3) is 0 Å². The van der Waals surface area contributed by atoms with E-state index in [2.05, 4.69) is 15.4 Å². The van der Waals surface area contributed by atoms with Crippen LogP contribution in [0.2, 0.25) is 0 Å². The van der Waals surface area contributed by atoms with Gasteiger partial charge in [-0.1, -0.05) is 0 Å². The summed E-state index contributed by atoms with van der Waals surface area (Å²) in [5, 5.41) is 5.62. The van der Waals surface area contributed by atoms with Crippen molar-refractivity contribution in [2.75, 3.05) is 23.8 Å². The lowest BCUT2D eigenvalue weighted by atomic mass is 10.1. The number of hydrogen-bond acceptors (Lipinski definition) is 5. The SMILES string of the molecule is CCOc1cc2c(cc1NC(=O)CNc1ccc(OC(F)(F)F)cc1)OC(C)C2. The van der Waals surface area contributed by atoms with Crippen molar-refractivity contribution < 1.29 is 32.2 Å². The molecule has 0 fully saturated rings. The minimum Gasteiger partial charge on any atom is -0.492 e. The van der Waals surface area contributed by atoms with Gasteiger partial charge in [-0.25, -0.2) is 0 Å². The van der Waals surface area contributed by atoms with Gasteiger partial charge in [-0.05, 0) is 44.2 Å². The highest BCUT2D eigenvalue weighted by Crippen LogP contribution is 2.38. The molecule has 0 saturated heterocycles. The van der Waals surface area contributed by atoms with E-state index in [0.717, 1.165) is 12.0 Å². The maximum atomic E-state index is 12.3. The average molecular weight is 410 g/mol. The Morgan fingerprint density at radius 2 is 1.97 bits per heavy atom. The van der Waals surface area contributed by atoms with Gasteiger partial charge in [0.15, 0.2) is 0 Å². The van der Waals surface area contributed by atoms with Crippen molar-refractivity contribution in [1.29, 1.82) is 0 Å². The number of hydrogen-bond donors (Lipinski definition) is 2. The van der Waals surface area contributed by atoms with Crippen LogP contribution in [-0.4, -0.2) is 31.5 Å². The van der Waals surface area contributed by atoms with Gasteiger partial charge in [-0.15, -0.1) is 13.2 Å². The highest BCUT2D eigenvalue weighted by molar-refractivity contribution is 5.95. The molecule has 1 aliphatic rings. The first kappa shape index (κ1) is 20.6. The van der Waals surface area contributed by atoms with E-state index in [4.69, 9.17) is 9.47 Å². The van der Waals surface area contributed by atoms with Crippen LogP contribution in [0.15, 0.2) is 36.4 Å². The molecule has 2 N–H and O–H groups in total. The maximum Gasteiger partial charge on any atom is 0.573 e. The third-order valence-corrected chi connectivity index (χ3v) is 4.11. The van der Waals surface area contributed by atoms with E-state index in [1.807, 2.05) is 19.9 Å². The van der Waals surface area contributed by atoms with Gasteiger partial charge in [-0.2, -0.15) is 0 Å². The van der Waals surface area contributed by atoms with E-state index in [1.54, 1.807) is 6.07 Å². The smallest absolute Gasteiger partial charge is 0.492 e. The molecule has 1 atom stereocenters. The molecule has 0 spiro atoms. The van der Waals surface area contributed by atoms with Gasteiger partial charge < -0.3 is 24.8 Å². The van der Waals surface area contributed by atoms with Crippen molar-refractivity contribution in [2.45, 2.75) is 32.7 Å². The number of halogens is 3. The molecule has 0 aliphatic carbocycles. The molecule has 1 heterocycles. The van der Waals surface area contributed by atoms with E-state index >= 15 is 0 Å². The molecule has 2 aromatic carbocycles. The molecule has 0 saturated carbocycles. The Hall–Kier alpha value is -3.10. The van der Waals surface area contributed by atoms with Gasteiger partial charge in [0.1, 0.15) is 23.4 Å². The zero-order valence-electron chi connectivity index (χ0n) is 15.9. The van der Waals surface area contributed by atoms with Gasteiger partial charge in [0.2, 0.25) is 5.91 Å². The van der Waals surface area contributed by atoms with E-state index in [1.165, 1.54) is 24.3 Å². The molecule has 0 radical (unpaired) electrons. The molecule has 0 aromatic heterocycles. The Labute approximate surface area is 166 Å². The Bertz CT molecular complexity index is 869. The number of fused-ring (bicyclic) bond motifs is 1. The molecule has 3 rings (SSSR count). The van der Waals surface area contributed by atoms with E-state index in [-0.39, 0.29) is 24.3 Å². The van der Waals surface area contributed by atoms with Crippen LogP contribution in [0.5, 0.6) is 17.2 Å². The average Bonchev–Trinajstić information content (AvgIpc) is 2.99. The van der Waals surface area contributed by atoms with Crippen molar-refractivity contribution in [1.82, 2.24) is 0 Å². The first-order valence-corrected chi connectivity index (χ1v) is 9.09. The second-order valence-electron chi connectivity index (χ2n) is 6.50. The summed E-state index contributed by atoms with van der Waals surface area (Å²) in [6.07, 6.45) is -3.90. The first-order chi connectivity index (χ1) is 13.7. The summed E-state index contributed by atoms with van der Waals surface area (Å²) < 4.78 is 51.7. The number of carbonyl (C=O) groups excluding carboxylic acids is 1. The number of amides is 1. The molecule has 0 bridgehead atoms. The fourth-order valence-electron chi connectivity index (χ4n) is 2.96. The largest absolute Gasteiger partial charge is 0.573 e. The molecule has 1 amide bonds. The van der Waals surface area contributed by atoms with Gasteiger partial charge in [-0.3, -0.25) is 4.79 Å². The second kappa shape index (κ2) is 8.50. The Morgan fingerprint density at radius 1 is 1.24 bits per heavy atom. The fraction of sp³-hybridized carbons (Fsp3) is 0.350. The molecular weight excluding hydrogens is 389 g/mol. The number of nitrogens with one attached hydrogen (secondary N) is 2. The first-order valence-electron chi connectivity index (χ1n) is 9.09. The molecule has 29 heavy (non-hydrogen) atoms. The summed E-state index contributed by atoms with van der Waals surface area (Å²) in [6, 6.07) is 8.73. The number of carbonyl (C=O) groups is 1. The minimum atomic E-state index is -4.75. The van der Waals surface area contributed by atoms with Crippen molar-refractivity contribution >= 4 is 17.3 Å². The molecule has 156 valence electrons. The van der Waals surface area contributed by atoms with Gasteiger partial charge in [0.25, 0.3) is 0 Å². The monoisotopic (exact) mass is 410 g/mol. The maximum absolute atomic E-state index is 12.3. The lowest BCUT2D eigenvalue weighted by Gasteiger charge is -2.14. The lowest BCUT2D eigenvalue weighted by Crippen LogP contribution is -2.22. The number of alkyl halides is 3.